The minimum Gasteiger partial charge on any atom is -0.0764 e. The van der Waals surface area contributed by atoms with E-state index in [0.29, 0.717) is 11.8 Å². The second kappa shape index (κ2) is 3.23. The molecule has 0 nitrogen and oxygen atoms in total. The van der Waals surface area contributed by atoms with Crippen LogP contribution in [0.5, 0.6) is 0 Å². The Balaban J connectivity index is 2.19. The van der Waals surface area contributed by atoms with Gasteiger partial charge in [0.25, 0.3) is 0 Å². The summed E-state index contributed by atoms with van der Waals surface area (Å²) in [6.45, 7) is 2.32. The van der Waals surface area contributed by atoms with Gasteiger partial charge in [-0.2, -0.15) is 0 Å². The van der Waals surface area contributed by atoms with Crippen LogP contribution in [0.15, 0.2) is 54.1 Å². The standard InChI is InChI=1S/C15H14/c1-11-14-8-4-2-6-12(14)10-13-7-3-5-9-15(11)13/h2-11,14H,1H3/t11-,14?/m0/s1. The van der Waals surface area contributed by atoms with Gasteiger partial charge in [0.15, 0.2) is 0 Å². The zero-order chi connectivity index (χ0) is 10.3. The maximum Gasteiger partial charge on any atom is 0.00876 e. The minimum atomic E-state index is 0.574. The number of fused-ring (bicyclic) bond motifs is 2. The molecule has 2 aliphatic rings. The number of hydrogen-bond donors (Lipinski definition) is 0. The third-order valence-electron chi connectivity index (χ3n) is 3.45. The second-order valence-electron chi connectivity index (χ2n) is 4.33. The molecule has 0 N–H and O–H groups in total. The van der Waals surface area contributed by atoms with Crippen LogP contribution in [0.1, 0.15) is 24.0 Å². The highest BCUT2D eigenvalue weighted by molar-refractivity contribution is 5.65. The fourth-order valence-corrected chi connectivity index (χ4v) is 2.60. The van der Waals surface area contributed by atoms with E-state index in [2.05, 4.69) is 61.6 Å². The summed E-state index contributed by atoms with van der Waals surface area (Å²) >= 11 is 0. The van der Waals surface area contributed by atoms with Crippen LogP contribution in [0.2, 0.25) is 0 Å². The molecule has 0 spiro atoms. The Labute approximate surface area is 90.6 Å². The Morgan fingerprint density at radius 1 is 1.07 bits per heavy atom. The Bertz CT molecular complexity index is 475. The molecule has 1 aromatic rings. The van der Waals surface area contributed by atoms with Gasteiger partial charge in [-0.05, 0) is 22.6 Å². The Morgan fingerprint density at radius 2 is 1.93 bits per heavy atom. The van der Waals surface area contributed by atoms with Gasteiger partial charge in [0, 0.05) is 5.92 Å². The van der Waals surface area contributed by atoms with Crippen LogP contribution >= 0.6 is 0 Å². The molecule has 3 rings (SSSR count). The summed E-state index contributed by atoms with van der Waals surface area (Å²) in [5.41, 5.74) is 4.31. The molecule has 0 heteroatoms. The topological polar surface area (TPSA) is 0 Å². The summed E-state index contributed by atoms with van der Waals surface area (Å²) in [5, 5.41) is 0. The molecule has 0 bridgehead atoms. The molecule has 0 radical (unpaired) electrons. The van der Waals surface area contributed by atoms with Crippen molar-refractivity contribution in [3.05, 3.63) is 65.3 Å². The molecule has 15 heavy (non-hydrogen) atoms. The molecule has 0 aromatic heterocycles. The molecular weight excluding hydrogens is 180 g/mol. The van der Waals surface area contributed by atoms with Gasteiger partial charge in [-0.1, -0.05) is 61.6 Å². The lowest BCUT2D eigenvalue weighted by Gasteiger charge is -2.30. The molecule has 74 valence electrons. The zero-order valence-electron chi connectivity index (χ0n) is 8.85. The lowest BCUT2D eigenvalue weighted by atomic mass is 9.74. The van der Waals surface area contributed by atoms with E-state index in [-0.39, 0.29) is 0 Å². The molecule has 0 fully saturated rings. The van der Waals surface area contributed by atoms with Crippen molar-refractivity contribution in [1.82, 2.24) is 0 Å². The van der Waals surface area contributed by atoms with E-state index in [0.717, 1.165) is 0 Å². The van der Waals surface area contributed by atoms with Crippen molar-refractivity contribution >= 4 is 6.08 Å². The quantitative estimate of drug-likeness (QED) is 0.587. The van der Waals surface area contributed by atoms with E-state index in [1.165, 1.54) is 16.7 Å². The second-order valence-corrected chi connectivity index (χ2v) is 4.33. The van der Waals surface area contributed by atoms with Crippen LogP contribution in [0.25, 0.3) is 6.08 Å². The summed E-state index contributed by atoms with van der Waals surface area (Å²) in [4.78, 5) is 0. The Hall–Kier alpha value is -1.56. The maximum atomic E-state index is 2.32. The van der Waals surface area contributed by atoms with Crippen LogP contribution in [0, 0.1) is 5.92 Å². The van der Waals surface area contributed by atoms with Gasteiger partial charge in [-0.3, -0.25) is 0 Å². The predicted octanol–water partition coefficient (Wildman–Crippen LogP) is 3.93. The van der Waals surface area contributed by atoms with Crippen LogP contribution < -0.4 is 0 Å². The number of rotatable bonds is 0. The van der Waals surface area contributed by atoms with Crippen LogP contribution in [-0.2, 0) is 0 Å². The Kier molecular flexibility index (Phi) is 1.88. The third-order valence-corrected chi connectivity index (χ3v) is 3.45. The summed E-state index contributed by atoms with van der Waals surface area (Å²) in [5.74, 6) is 1.17. The van der Waals surface area contributed by atoms with Crippen molar-refractivity contribution in [3.63, 3.8) is 0 Å². The van der Waals surface area contributed by atoms with E-state index < -0.39 is 0 Å². The van der Waals surface area contributed by atoms with E-state index >= 15 is 0 Å². The first-order valence-corrected chi connectivity index (χ1v) is 5.51. The molecule has 0 aliphatic heterocycles. The smallest absolute Gasteiger partial charge is 0.00876 e. The maximum absolute atomic E-state index is 2.32. The largest absolute Gasteiger partial charge is 0.0764 e. The molecule has 0 heterocycles. The minimum absolute atomic E-state index is 0.574. The van der Waals surface area contributed by atoms with Crippen molar-refractivity contribution in [2.45, 2.75) is 12.8 Å². The summed E-state index contributed by atoms with van der Waals surface area (Å²) in [6, 6.07) is 8.71. The van der Waals surface area contributed by atoms with Crippen molar-refractivity contribution in [1.29, 1.82) is 0 Å². The Morgan fingerprint density at radius 3 is 2.87 bits per heavy atom. The van der Waals surface area contributed by atoms with Crippen molar-refractivity contribution < 1.29 is 0 Å². The molecule has 0 amide bonds. The average molecular weight is 194 g/mol. The highest BCUT2D eigenvalue weighted by Gasteiger charge is 2.25. The molecule has 1 unspecified atom stereocenters. The first kappa shape index (κ1) is 8.72. The molecule has 0 saturated carbocycles. The van der Waals surface area contributed by atoms with Gasteiger partial charge < -0.3 is 0 Å². The van der Waals surface area contributed by atoms with E-state index in [4.69, 9.17) is 0 Å². The number of benzene rings is 1. The van der Waals surface area contributed by atoms with Gasteiger partial charge in [0.1, 0.15) is 0 Å². The summed E-state index contributed by atoms with van der Waals surface area (Å²) in [6.07, 6.45) is 11.2. The van der Waals surface area contributed by atoms with Crippen LogP contribution in [0.4, 0.5) is 0 Å². The fraction of sp³-hybridized carbons (Fsp3) is 0.200. The van der Waals surface area contributed by atoms with Gasteiger partial charge in [0.2, 0.25) is 0 Å². The zero-order valence-corrected chi connectivity index (χ0v) is 8.85. The molecule has 2 atom stereocenters. The van der Waals surface area contributed by atoms with Gasteiger partial charge in [-0.15, -0.1) is 0 Å². The number of allylic oxidation sites excluding steroid dienone is 5. The predicted molar refractivity (Wildman–Crippen MR) is 64.6 cm³/mol. The van der Waals surface area contributed by atoms with Gasteiger partial charge in [-0.25, -0.2) is 0 Å². The van der Waals surface area contributed by atoms with Crippen molar-refractivity contribution in [3.8, 4) is 0 Å². The van der Waals surface area contributed by atoms with Gasteiger partial charge >= 0.3 is 0 Å². The van der Waals surface area contributed by atoms with Crippen molar-refractivity contribution in [2.24, 2.45) is 5.92 Å². The summed E-state index contributed by atoms with van der Waals surface area (Å²) < 4.78 is 0. The molecule has 1 aromatic carbocycles. The third kappa shape index (κ3) is 1.29. The SMILES string of the molecule is C[C@@H]1c2ccccc2C=C2C=CC=CC21. The van der Waals surface area contributed by atoms with E-state index in [9.17, 15) is 0 Å². The normalized spacial score (nSPS) is 26.9. The molecule has 2 aliphatic carbocycles. The highest BCUT2D eigenvalue weighted by Crippen LogP contribution is 2.40. The highest BCUT2D eigenvalue weighted by atomic mass is 14.3. The van der Waals surface area contributed by atoms with Crippen molar-refractivity contribution in [2.75, 3.05) is 0 Å². The average Bonchev–Trinajstić information content (AvgIpc) is 2.30. The van der Waals surface area contributed by atoms with Gasteiger partial charge in [0.05, 0.1) is 0 Å². The monoisotopic (exact) mass is 194 g/mol. The van der Waals surface area contributed by atoms with E-state index in [1.807, 2.05) is 0 Å². The lowest BCUT2D eigenvalue weighted by molar-refractivity contribution is 0.617. The van der Waals surface area contributed by atoms with Crippen LogP contribution in [-0.4, -0.2) is 0 Å². The first-order chi connectivity index (χ1) is 7.36. The number of hydrogen-bond acceptors (Lipinski definition) is 0. The van der Waals surface area contributed by atoms with E-state index in [1.54, 1.807) is 0 Å². The fourth-order valence-electron chi connectivity index (χ4n) is 2.60. The lowest BCUT2D eigenvalue weighted by Crippen LogP contribution is -2.15. The molecule has 0 saturated heterocycles. The first-order valence-electron chi connectivity index (χ1n) is 5.51. The van der Waals surface area contributed by atoms with Crippen LogP contribution in [0.3, 0.4) is 0 Å². The molecular formula is C15H14. The summed E-state index contributed by atoms with van der Waals surface area (Å²) in [7, 11) is 0.